The van der Waals surface area contributed by atoms with Crippen LogP contribution >= 0.6 is 7.05 Å². The Morgan fingerprint density at radius 1 is 0.750 bits per heavy atom. The van der Waals surface area contributed by atoms with Crippen LogP contribution in [0.3, 0.4) is 0 Å². The molecule has 4 aliphatic rings. The van der Waals surface area contributed by atoms with E-state index in [1.165, 1.54) is 102 Å². The monoisotopic (exact) mass is 537 g/mol. The summed E-state index contributed by atoms with van der Waals surface area (Å²) in [6.07, 6.45) is 32.2. The quantitative estimate of drug-likeness (QED) is 0.194. The molecule has 4 aliphatic carbocycles. The molecule has 0 spiro atoms. The first-order chi connectivity index (χ1) is 17.2. The third-order valence-electron chi connectivity index (χ3n) is 8.92. The van der Waals surface area contributed by atoms with Crippen molar-refractivity contribution >= 4 is 12.6 Å². The number of nitrogens with zero attached hydrogens (tertiary/aromatic N) is 1. The van der Waals surface area contributed by atoms with Crippen LogP contribution in [-0.4, -0.2) is 17.0 Å². The zero-order chi connectivity index (χ0) is 24.3. The predicted octanol–water partition coefficient (Wildman–Crippen LogP) is 10.9. The molecule has 5 rings (SSSR count). The van der Waals surface area contributed by atoms with E-state index in [-0.39, 0.29) is 21.7 Å². The molecule has 0 unspecified atom stereocenters. The first-order valence-corrected chi connectivity index (χ1v) is 16.5. The fraction of sp³-hybridized carbons (Fsp3) is 0.576. The van der Waals surface area contributed by atoms with Crippen LogP contribution in [-0.2, 0) is 21.7 Å². The second-order valence-electron chi connectivity index (χ2n) is 11.2. The Kier molecular flexibility index (Phi) is 12.8. The largest absolute Gasteiger partial charge is 0.271 e. The van der Waals surface area contributed by atoms with E-state index in [1.807, 2.05) is 30.3 Å². The van der Waals surface area contributed by atoms with E-state index < -0.39 is 7.05 Å². The molecule has 0 aliphatic heterocycles. The summed E-state index contributed by atoms with van der Waals surface area (Å²) in [4.78, 5) is 0. The number of benzene rings is 1. The molecule has 1 aromatic carbocycles. The van der Waals surface area contributed by atoms with Crippen LogP contribution in [0.15, 0.2) is 78.2 Å². The van der Waals surface area contributed by atoms with E-state index in [0.29, 0.717) is 0 Å². The van der Waals surface area contributed by atoms with Gasteiger partial charge in [-0.15, -0.1) is 0 Å². The van der Waals surface area contributed by atoms with E-state index >= 15 is 0 Å². The number of rotatable bonds is 6. The van der Waals surface area contributed by atoms with Gasteiger partial charge in [-0.2, -0.15) is 0 Å². The van der Waals surface area contributed by atoms with Gasteiger partial charge in [0.1, 0.15) is 0 Å². The molecule has 0 aromatic heterocycles. The van der Waals surface area contributed by atoms with Crippen molar-refractivity contribution in [2.24, 2.45) is 4.74 Å². The van der Waals surface area contributed by atoms with Crippen molar-refractivity contribution in [2.75, 3.05) is 0 Å². The number of hydrogen-bond acceptors (Lipinski definition) is 1. The van der Waals surface area contributed by atoms with Gasteiger partial charge in [0, 0.05) is 33.8 Å². The van der Waals surface area contributed by atoms with Crippen LogP contribution in [0.4, 0.5) is 0 Å². The maximum atomic E-state index is 5.89. The van der Waals surface area contributed by atoms with Crippen LogP contribution in [0, 0.1) is 0 Å². The summed E-state index contributed by atoms with van der Waals surface area (Å²) >= 11 is 0. The van der Waals surface area contributed by atoms with Crippen LogP contribution in [0.5, 0.6) is 0 Å². The SMILES string of the molecule is C1=CCC(N=P(C2CCCCC2)(C2CCCCC2)C2CCCCC2)=C1.C=CC(=C)c1ccccc1.[Ti]. The maximum Gasteiger partial charge on any atom is 0.0425 e. The van der Waals surface area contributed by atoms with E-state index in [4.69, 9.17) is 4.74 Å². The van der Waals surface area contributed by atoms with Crippen LogP contribution in [0.25, 0.3) is 5.57 Å². The van der Waals surface area contributed by atoms with Crippen molar-refractivity contribution in [1.82, 2.24) is 0 Å². The Hall–Kier alpha value is -0.876. The zero-order valence-electron chi connectivity index (χ0n) is 22.6. The fourth-order valence-electron chi connectivity index (χ4n) is 7.13. The van der Waals surface area contributed by atoms with E-state index in [2.05, 4.69) is 31.4 Å². The summed E-state index contributed by atoms with van der Waals surface area (Å²) < 4.78 is 5.89. The minimum absolute atomic E-state index is 0. The molecular weight excluding hydrogens is 489 g/mol. The molecule has 3 fully saturated rings. The van der Waals surface area contributed by atoms with Gasteiger partial charge in [-0.3, -0.25) is 4.74 Å². The van der Waals surface area contributed by atoms with Crippen molar-refractivity contribution in [3.05, 3.63) is 79.1 Å². The Morgan fingerprint density at radius 2 is 1.22 bits per heavy atom. The first-order valence-electron chi connectivity index (χ1n) is 14.6. The molecule has 0 bridgehead atoms. The summed E-state index contributed by atoms with van der Waals surface area (Å²) in [7, 11) is -1.25. The van der Waals surface area contributed by atoms with Gasteiger partial charge >= 0.3 is 0 Å². The van der Waals surface area contributed by atoms with E-state index in [0.717, 1.165) is 34.5 Å². The van der Waals surface area contributed by atoms with Gasteiger partial charge in [-0.1, -0.05) is 120 Å². The molecule has 0 N–H and O–H groups in total. The van der Waals surface area contributed by atoms with E-state index in [9.17, 15) is 0 Å². The van der Waals surface area contributed by atoms with Crippen molar-refractivity contribution in [2.45, 2.75) is 120 Å². The fourth-order valence-corrected chi connectivity index (χ4v) is 13.6. The summed E-state index contributed by atoms with van der Waals surface area (Å²) in [6, 6.07) is 10.0. The first kappa shape index (κ1) is 29.7. The normalized spacial score (nSPS) is 21.5. The molecular formula is C33H48NPTi. The average molecular weight is 538 g/mol. The Bertz CT molecular complexity index is 873. The molecule has 0 saturated heterocycles. The maximum absolute atomic E-state index is 5.89. The third kappa shape index (κ3) is 7.59. The summed E-state index contributed by atoms with van der Waals surface area (Å²) in [5.74, 6) is 0. The molecule has 194 valence electrons. The molecule has 36 heavy (non-hydrogen) atoms. The van der Waals surface area contributed by atoms with Crippen molar-refractivity contribution in [1.29, 1.82) is 0 Å². The number of hydrogen-bond donors (Lipinski definition) is 0. The standard InChI is InChI=1S/C23H38NP.C10H10.Ti/c1-4-14-21(15-5-1)25(22-16-6-2-7-17-22,23-18-8-3-9-19-23)24-20-12-10-11-13-20;1-3-9(2)10-7-5-4-6-8-10;/h10-12,21-23H,1-9,13-19H2;3-8H,1-2H2;. The molecule has 0 radical (unpaired) electrons. The van der Waals surface area contributed by atoms with Crippen molar-refractivity contribution in [3.8, 4) is 0 Å². The zero-order valence-corrected chi connectivity index (χ0v) is 25.0. The molecule has 1 aromatic rings. The van der Waals surface area contributed by atoms with Gasteiger partial charge < -0.3 is 0 Å². The molecule has 0 atom stereocenters. The Labute approximate surface area is 237 Å². The van der Waals surface area contributed by atoms with Crippen molar-refractivity contribution in [3.63, 3.8) is 0 Å². The Morgan fingerprint density at radius 3 is 1.61 bits per heavy atom. The van der Waals surface area contributed by atoms with Gasteiger partial charge in [-0.05, 0) is 79.8 Å². The van der Waals surface area contributed by atoms with Gasteiger partial charge in [0.15, 0.2) is 0 Å². The minimum Gasteiger partial charge on any atom is -0.271 e. The van der Waals surface area contributed by atoms with Crippen LogP contribution in [0.1, 0.15) is 108 Å². The summed E-state index contributed by atoms with van der Waals surface area (Å²) in [5, 5.41) is 0. The summed E-state index contributed by atoms with van der Waals surface area (Å²) in [6.45, 7) is 7.46. The minimum atomic E-state index is -1.25. The second kappa shape index (κ2) is 15.5. The Balaban J connectivity index is 0.000000278. The predicted molar refractivity (Wildman–Crippen MR) is 157 cm³/mol. The average Bonchev–Trinajstić information content (AvgIpc) is 3.47. The van der Waals surface area contributed by atoms with E-state index in [1.54, 1.807) is 6.08 Å². The van der Waals surface area contributed by atoms with Gasteiger partial charge in [-0.25, -0.2) is 0 Å². The van der Waals surface area contributed by atoms with Gasteiger partial charge in [0.05, 0.1) is 0 Å². The topological polar surface area (TPSA) is 12.4 Å². The molecule has 0 amide bonds. The van der Waals surface area contributed by atoms with Crippen LogP contribution in [0.2, 0.25) is 0 Å². The molecule has 3 saturated carbocycles. The van der Waals surface area contributed by atoms with Gasteiger partial charge in [0.2, 0.25) is 0 Å². The van der Waals surface area contributed by atoms with Crippen molar-refractivity contribution < 1.29 is 21.7 Å². The summed E-state index contributed by atoms with van der Waals surface area (Å²) in [5.41, 5.74) is 6.50. The smallest absolute Gasteiger partial charge is 0.0425 e. The second-order valence-corrected chi connectivity index (χ2v) is 15.1. The molecule has 3 heteroatoms. The molecule has 0 heterocycles. The van der Waals surface area contributed by atoms with Crippen LogP contribution < -0.4 is 0 Å². The number of allylic oxidation sites excluding steroid dienone is 5. The van der Waals surface area contributed by atoms with Gasteiger partial charge in [0.25, 0.3) is 0 Å². The third-order valence-corrected chi connectivity index (χ3v) is 14.6. The molecule has 1 nitrogen and oxygen atoms in total.